The molecule has 0 radical (unpaired) electrons. The van der Waals surface area contributed by atoms with Gasteiger partial charge in [0.2, 0.25) is 5.91 Å². The normalized spacial score (nSPS) is 21.9. The van der Waals surface area contributed by atoms with Gasteiger partial charge in [-0.2, -0.15) is 0 Å². The largest absolute Gasteiger partial charge is 0.462 e. The molecule has 5 nitrogen and oxygen atoms in total. The van der Waals surface area contributed by atoms with Crippen LogP contribution in [0.5, 0.6) is 0 Å². The van der Waals surface area contributed by atoms with Crippen LogP contribution in [0, 0.1) is 6.92 Å². The molecule has 20 heavy (non-hydrogen) atoms. The Morgan fingerprint density at radius 2 is 1.95 bits per heavy atom. The molecule has 0 bridgehead atoms. The second-order valence-corrected chi connectivity index (χ2v) is 5.21. The maximum absolute atomic E-state index is 12.1. The van der Waals surface area contributed by atoms with E-state index in [0.717, 1.165) is 18.6 Å². The van der Waals surface area contributed by atoms with Crippen molar-refractivity contribution >= 4 is 12.0 Å². The van der Waals surface area contributed by atoms with Gasteiger partial charge in [0.15, 0.2) is 5.79 Å². The predicted molar refractivity (Wildman–Crippen MR) is 72.9 cm³/mol. The molecule has 0 atom stereocenters. The van der Waals surface area contributed by atoms with Crippen LogP contribution >= 0.6 is 0 Å². The summed E-state index contributed by atoms with van der Waals surface area (Å²) >= 11 is 0. The zero-order chi connectivity index (χ0) is 14.0. The summed E-state index contributed by atoms with van der Waals surface area (Å²) < 4.78 is 16.7. The first kappa shape index (κ1) is 13.4. The Morgan fingerprint density at radius 3 is 2.55 bits per heavy atom. The van der Waals surface area contributed by atoms with Crippen molar-refractivity contribution in [2.24, 2.45) is 0 Å². The number of likely N-dealkylation sites (tertiary alicyclic amines) is 1. The van der Waals surface area contributed by atoms with Crippen molar-refractivity contribution in [3.05, 3.63) is 29.7 Å². The third-order valence-electron chi connectivity index (χ3n) is 3.80. The molecule has 0 unspecified atom stereocenters. The van der Waals surface area contributed by atoms with E-state index in [1.165, 1.54) is 0 Å². The van der Waals surface area contributed by atoms with E-state index < -0.39 is 5.79 Å². The molecule has 2 aliphatic rings. The molecular formula is C15H19NO4. The second-order valence-electron chi connectivity index (χ2n) is 5.21. The van der Waals surface area contributed by atoms with Crippen molar-refractivity contribution in [3.63, 3.8) is 0 Å². The molecule has 0 N–H and O–H groups in total. The average molecular weight is 277 g/mol. The van der Waals surface area contributed by atoms with Crippen LogP contribution in [-0.4, -0.2) is 42.9 Å². The van der Waals surface area contributed by atoms with Crippen molar-refractivity contribution in [2.45, 2.75) is 25.6 Å². The van der Waals surface area contributed by atoms with E-state index in [9.17, 15) is 4.79 Å². The van der Waals surface area contributed by atoms with Crippen molar-refractivity contribution in [1.29, 1.82) is 0 Å². The van der Waals surface area contributed by atoms with Crippen molar-refractivity contribution in [3.8, 4) is 0 Å². The lowest BCUT2D eigenvalue weighted by molar-refractivity contribution is -0.186. The minimum Gasteiger partial charge on any atom is -0.462 e. The van der Waals surface area contributed by atoms with Gasteiger partial charge in [0.25, 0.3) is 0 Å². The lowest BCUT2D eigenvalue weighted by Gasteiger charge is -2.37. The first-order valence-corrected chi connectivity index (χ1v) is 6.98. The predicted octanol–water partition coefficient (Wildman–Crippen LogP) is 1.97. The Labute approximate surface area is 118 Å². The average Bonchev–Trinajstić information content (AvgIpc) is 3.07. The number of nitrogens with zero attached hydrogens (tertiary/aromatic N) is 1. The zero-order valence-corrected chi connectivity index (χ0v) is 11.6. The number of ether oxygens (including phenoxy) is 2. The molecule has 1 spiro atoms. The molecule has 0 aromatic carbocycles. The summed E-state index contributed by atoms with van der Waals surface area (Å²) in [4.78, 5) is 13.9. The van der Waals surface area contributed by atoms with E-state index in [2.05, 4.69) is 0 Å². The van der Waals surface area contributed by atoms with Gasteiger partial charge in [-0.1, -0.05) is 0 Å². The number of carbonyl (C=O) groups excluding carboxylic acids is 1. The highest BCUT2D eigenvalue weighted by Crippen LogP contribution is 2.31. The Morgan fingerprint density at radius 1 is 1.25 bits per heavy atom. The molecule has 2 saturated heterocycles. The number of carbonyl (C=O) groups is 1. The van der Waals surface area contributed by atoms with Crippen molar-refractivity contribution < 1.29 is 18.7 Å². The fourth-order valence-corrected chi connectivity index (χ4v) is 2.66. The Balaban J connectivity index is 1.55. The molecule has 3 heterocycles. The first-order chi connectivity index (χ1) is 9.67. The zero-order valence-electron chi connectivity index (χ0n) is 11.6. The quantitative estimate of drug-likeness (QED) is 0.776. The Bertz CT molecular complexity index is 504. The number of hydrogen-bond acceptors (Lipinski definition) is 4. The van der Waals surface area contributed by atoms with E-state index >= 15 is 0 Å². The fourth-order valence-electron chi connectivity index (χ4n) is 2.66. The van der Waals surface area contributed by atoms with Crippen LogP contribution in [0.1, 0.15) is 24.4 Å². The van der Waals surface area contributed by atoms with Crippen LogP contribution in [0.4, 0.5) is 0 Å². The summed E-state index contributed by atoms with van der Waals surface area (Å²) in [7, 11) is 0. The van der Waals surface area contributed by atoms with Crippen LogP contribution in [0.25, 0.3) is 6.08 Å². The summed E-state index contributed by atoms with van der Waals surface area (Å²) in [5, 5.41) is 0. The highest BCUT2D eigenvalue weighted by molar-refractivity contribution is 5.91. The van der Waals surface area contributed by atoms with Gasteiger partial charge in [0, 0.05) is 32.0 Å². The Kier molecular flexibility index (Phi) is 3.63. The third-order valence-corrected chi connectivity index (χ3v) is 3.80. The minimum atomic E-state index is -0.432. The number of amides is 1. The van der Waals surface area contributed by atoms with Gasteiger partial charge >= 0.3 is 0 Å². The highest BCUT2D eigenvalue weighted by atomic mass is 16.7. The number of hydrogen-bond donors (Lipinski definition) is 0. The smallest absolute Gasteiger partial charge is 0.246 e. The Hall–Kier alpha value is -1.59. The van der Waals surface area contributed by atoms with E-state index in [1.54, 1.807) is 12.2 Å². The van der Waals surface area contributed by atoms with Crippen LogP contribution in [0.2, 0.25) is 0 Å². The van der Waals surface area contributed by atoms with Gasteiger partial charge in [0.1, 0.15) is 11.5 Å². The van der Waals surface area contributed by atoms with Crippen LogP contribution in [-0.2, 0) is 14.3 Å². The molecule has 0 saturated carbocycles. The molecule has 3 rings (SSSR count). The molecule has 1 aromatic rings. The van der Waals surface area contributed by atoms with Crippen LogP contribution in [0.15, 0.2) is 22.6 Å². The maximum Gasteiger partial charge on any atom is 0.246 e. The summed E-state index contributed by atoms with van der Waals surface area (Å²) in [6.45, 7) is 4.53. The molecule has 2 aliphatic heterocycles. The summed E-state index contributed by atoms with van der Waals surface area (Å²) in [6.07, 6.45) is 4.76. The van der Waals surface area contributed by atoms with Crippen LogP contribution in [0.3, 0.4) is 0 Å². The van der Waals surface area contributed by atoms with Crippen LogP contribution < -0.4 is 0 Å². The van der Waals surface area contributed by atoms with Gasteiger partial charge < -0.3 is 18.8 Å². The maximum atomic E-state index is 12.1. The molecule has 5 heteroatoms. The van der Waals surface area contributed by atoms with Crippen molar-refractivity contribution in [2.75, 3.05) is 26.3 Å². The molecule has 1 amide bonds. The topological polar surface area (TPSA) is 51.9 Å². The SMILES string of the molecule is Cc1ccc(C=CC(=O)N2CCC3(CC2)OCCO3)o1. The summed E-state index contributed by atoms with van der Waals surface area (Å²) in [5.74, 6) is 1.12. The molecule has 1 aromatic heterocycles. The molecule has 108 valence electrons. The monoisotopic (exact) mass is 277 g/mol. The lowest BCUT2D eigenvalue weighted by atomic mass is 10.0. The second kappa shape index (κ2) is 5.42. The van der Waals surface area contributed by atoms with E-state index in [-0.39, 0.29) is 5.91 Å². The van der Waals surface area contributed by atoms with Gasteiger partial charge in [-0.05, 0) is 25.1 Å². The molecule has 2 fully saturated rings. The van der Waals surface area contributed by atoms with E-state index in [4.69, 9.17) is 13.9 Å². The lowest BCUT2D eigenvalue weighted by Crippen LogP contribution is -2.46. The third kappa shape index (κ3) is 2.78. The van der Waals surface area contributed by atoms with Gasteiger partial charge in [0.05, 0.1) is 13.2 Å². The van der Waals surface area contributed by atoms with E-state index in [0.29, 0.717) is 32.1 Å². The number of aryl methyl sites for hydroxylation is 1. The number of piperidine rings is 1. The number of rotatable bonds is 2. The van der Waals surface area contributed by atoms with Crippen molar-refractivity contribution in [1.82, 2.24) is 4.90 Å². The van der Waals surface area contributed by atoms with Gasteiger partial charge in [-0.25, -0.2) is 0 Å². The number of furan rings is 1. The van der Waals surface area contributed by atoms with Gasteiger partial charge in [-0.15, -0.1) is 0 Å². The molecule has 0 aliphatic carbocycles. The van der Waals surface area contributed by atoms with E-state index in [1.807, 2.05) is 24.0 Å². The first-order valence-electron chi connectivity index (χ1n) is 6.98. The summed E-state index contributed by atoms with van der Waals surface area (Å²) in [6, 6.07) is 3.73. The standard InChI is InChI=1S/C15H19NO4/c1-12-2-3-13(20-12)4-5-14(17)16-8-6-15(7-9-16)18-10-11-19-15/h2-5H,6-11H2,1H3. The fraction of sp³-hybridized carbons (Fsp3) is 0.533. The molecular weight excluding hydrogens is 258 g/mol. The van der Waals surface area contributed by atoms with Gasteiger partial charge in [-0.3, -0.25) is 4.79 Å². The highest BCUT2D eigenvalue weighted by Gasteiger charge is 2.40. The summed E-state index contributed by atoms with van der Waals surface area (Å²) in [5.41, 5.74) is 0. The minimum absolute atomic E-state index is 0.00639.